The fourth-order valence-corrected chi connectivity index (χ4v) is 4.09. The first-order chi connectivity index (χ1) is 16.3. The number of esters is 1. The van der Waals surface area contributed by atoms with Gasteiger partial charge in [-0.2, -0.15) is 0 Å². The van der Waals surface area contributed by atoms with Crippen LogP contribution in [-0.2, 0) is 22.6 Å². The number of hydrogen-bond acceptors (Lipinski definition) is 6. The first kappa shape index (κ1) is 23.0. The zero-order chi connectivity index (χ0) is 24.5. The monoisotopic (exact) mass is 466 g/mol. The Bertz CT molecular complexity index is 1260. The predicted molar refractivity (Wildman–Crippen MR) is 120 cm³/mol. The molecule has 2 heterocycles. The van der Waals surface area contributed by atoms with E-state index in [0.29, 0.717) is 11.4 Å². The number of nitrogens with one attached hydrogen (secondary N) is 1. The van der Waals surface area contributed by atoms with Gasteiger partial charge in [0.05, 0.1) is 27.1 Å². The van der Waals surface area contributed by atoms with E-state index in [0.717, 1.165) is 5.56 Å². The third kappa shape index (κ3) is 3.87. The molecule has 0 fully saturated rings. The van der Waals surface area contributed by atoms with Crippen molar-refractivity contribution in [3.05, 3.63) is 77.6 Å². The molecule has 2 amide bonds. The molecular formula is C24H23FN4O5. The summed E-state index contributed by atoms with van der Waals surface area (Å²) >= 11 is 0. The lowest BCUT2D eigenvalue weighted by Gasteiger charge is -2.43. The number of fused-ring (bicyclic) bond motifs is 1. The highest BCUT2D eigenvalue weighted by atomic mass is 19.1. The third-order valence-corrected chi connectivity index (χ3v) is 5.80. The van der Waals surface area contributed by atoms with Crippen molar-refractivity contribution in [1.29, 1.82) is 0 Å². The molecule has 1 aromatic heterocycles. The lowest BCUT2D eigenvalue weighted by Crippen LogP contribution is -2.64. The normalized spacial score (nSPS) is 17.2. The second-order valence-corrected chi connectivity index (χ2v) is 7.95. The summed E-state index contributed by atoms with van der Waals surface area (Å²) in [5.41, 5.74) is -0.529. The van der Waals surface area contributed by atoms with Crippen LogP contribution < -0.4 is 15.0 Å². The minimum absolute atomic E-state index is 0.00714. The van der Waals surface area contributed by atoms with Crippen LogP contribution in [0.4, 0.5) is 10.1 Å². The van der Waals surface area contributed by atoms with Gasteiger partial charge in [0.2, 0.25) is 5.91 Å². The second kappa shape index (κ2) is 8.97. The van der Waals surface area contributed by atoms with Gasteiger partial charge in [-0.3, -0.25) is 14.5 Å². The van der Waals surface area contributed by atoms with E-state index in [9.17, 15) is 18.8 Å². The van der Waals surface area contributed by atoms with Crippen molar-refractivity contribution in [2.45, 2.75) is 25.6 Å². The molecule has 176 valence electrons. The number of benzene rings is 2. The fourth-order valence-electron chi connectivity index (χ4n) is 4.09. The number of aromatic nitrogens is 2. The van der Waals surface area contributed by atoms with E-state index in [4.69, 9.17) is 9.47 Å². The number of amides is 2. The predicted octanol–water partition coefficient (Wildman–Crippen LogP) is 2.55. The highest BCUT2D eigenvalue weighted by Gasteiger charge is 2.49. The molecule has 0 radical (unpaired) electrons. The van der Waals surface area contributed by atoms with Gasteiger partial charge in [-0.25, -0.2) is 14.2 Å². The van der Waals surface area contributed by atoms with E-state index in [1.54, 1.807) is 13.0 Å². The minimum Gasteiger partial charge on any atom is -0.496 e. The number of nitrogens with zero attached hydrogens (tertiary/aromatic N) is 3. The first-order valence-corrected chi connectivity index (χ1v) is 10.4. The number of carbonyl (C=O) groups excluding carboxylic acids is 3. The molecule has 9 nitrogen and oxygen atoms in total. The van der Waals surface area contributed by atoms with Crippen LogP contribution in [0.1, 0.15) is 33.5 Å². The van der Waals surface area contributed by atoms with E-state index in [1.165, 1.54) is 54.3 Å². The van der Waals surface area contributed by atoms with Gasteiger partial charge < -0.3 is 19.4 Å². The van der Waals surface area contributed by atoms with Gasteiger partial charge in [0.1, 0.15) is 22.8 Å². The Hall–Kier alpha value is -4.21. The Morgan fingerprint density at radius 1 is 1.15 bits per heavy atom. The molecule has 1 N–H and O–H groups in total. The van der Waals surface area contributed by atoms with Crippen molar-refractivity contribution in [2.75, 3.05) is 19.1 Å². The number of para-hydroxylation sites is 1. The summed E-state index contributed by atoms with van der Waals surface area (Å²) in [5.74, 6) is -1.73. The van der Waals surface area contributed by atoms with E-state index < -0.39 is 29.1 Å². The number of hydrogen-bond donors (Lipinski definition) is 1. The summed E-state index contributed by atoms with van der Waals surface area (Å²) in [6.45, 7) is 1.77. The van der Waals surface area contributed by atoms with Gasteiger partial charge in [-0.05, 0) is 37.3 Å². The molecule has 0 aliphatic carbocycles. The van der Waals surface area contributed by atoms with Gasteiger partial charge in [0.15, 0.2) is 5.69 Å². The number of rotatable bonds is 6. The molecule has 1 atom stereocenters. The molecule has 4 rings (SSSR count). The molecule has 3 aromatic rings. The van der Waals surface area contributed by atoms with E-state index in [1.807, 2.05) is 18.2 Å². The number of anilines is 1. The Morgan fingerprint density at radius 2 is 1.85 bits per heavy atom. The number of carbonyl (C=O) groups is 3. The molecule has 0 bridgehead atoms. The van der Waals surface area contributed by atoms with Crippen LogP contribution in [-0.4, -0.2) is 47.1 Å². The van der Waals surface area contributed by atoms with Gasteiger partial charge in [-0.1, -0.05) is 18.2 Å². The second-order valence-electron chi connectivity index (χ2n) is 7.95. The zero-order valence-corrected chi connectivity index (χ0v) is 18.9. The smallest absolute Gasteiger partial charge is 0.359 e. The molecule has 0 spiro atoms. The van der Waals surface area contributed by atoms with E-state index >= 15 is 0 Å². The van der Waals surface area contributed by atoms with Crippen LogP contribution >= 0.6 is 0 Å². The lowest BCUT2D eigenvalue weighted by molar-refractivity contribution is -0.126. The maximum atomic E-state index is 13.7. The number of methoxy groups -OCH3 is 2. The fraction of sp³-hybridized carbons (Fsp3) is 0.250. The maximum Gasteiger partial charge on any atom is 0.359 e. The Morgan fingerprint density at radius 3 is 2.53 bits per heavy atom. The van der Waals surface area contributed by atoms with Crippen LogP contribution in [0.3, 0.4) is 0 Å². The largest absolute Gasteiger partial charge is 0.496 e. The average molecular weight is 466 g/mol. The standard InChI is InChI=1S/C24H23FN4O5/c1-24(23(32)26-12-15-6-4-5-7-18(15)33-2)13-28-14-27-19(22(31)34-3)20(28)21(30)29(24)17-10-8-16(25)9-11-17/h4-11,14H,12-13H2,1-3H3,(H,26,32)/t24-/m0/s1. The molecule has 0 unspecified atom stereocenters. The summed E-state index contributed by atoms with van der Waals surface area (Å²) in [6.07, 6.45) is 1.33. The van der Waals surface area contributed by atoms with Crippen LogP contribution in [0.25, 0.3) is 0 Å². The zero-order valence-electron chi connectivity index (χ0n) is 18.9. The molecule has 0 saturated carbocycles. The molecule has 10 heteroatoms. The molecule has 0 saturated heterocycles. The summed E-state index contributed by atoms with van der Waals surface area (Å²) in [5, 5.41) is 2.87. The van der Waals surface area contributed by atoms with E-state index in [-0.39, 0.29) is 24.5 Å². The third-order valence-electron chi connectivity index (χ3n) is 5.80. The van der Waals surface area contributed by atoms with Crippen molar-refractivity contribution in [2.24, 2.45) is 0 Å². The quantitative estimate of drug-likeness (QED) is 0.560. The minimum atomic E-state index is -1.42. The van der Waals surface area contributed by atoms with Crippen LogP contribution in [0.15, 0.2) is 54.9 Å². The van der Waals surface area contributed by atoms with Gasteiger partial charge in [0.25, 0.3) is 5.91 Å². The van der Waals surface area contributed by atoms with Crippen molar-refractivity contribution in [3.8, 4) is 5.75 Å². The average Bonchev–Trinajstić information content (AvgIpc) is 3.27. The van der Waals surface area contributed by atoms with Gasteiger partial charge in [-0.15, -0.1) is 0 Å². The first-order valence-electron chi connectivity index (χ1n) is 10.4. The Balaban J connectivity index is 1.74. The summed E-state index contributed by atoms with van der Waals surface area (Å²) in [4.78, 5) is 44.7. The van der Waals surface area contributed by atoms with Gasteiger partial charge in [0, 0.05) is 17.8 Å². The maximum absolute atomic E-state index is 13.7. The highest BCUT2D eigenvalue weighted by molar-refractivity contribution is 6.15. The summed E-state index contributed by atoms with van der Waals surface area (Å²) in [7, 11) is 2.73. The van der Waals surface area contributed by atoms with Crippen molar-refractivity contribution >= 4 is 23.5 Å². The van der Waals surface area contributed by atoms with Crippen LogP contribution in [0, 0.1) is 5.82 Å². The van der Waals surface area contributed by atoms with Crippen LogP contribution in [0.2, 0.25) is 0 Å². The van der Waals surface area contributed by atoms with E-state index in [2.05, 4.69) is 10.3 Å². The summed E-state index contributed by atoms with van der Waals surface area (Å²) in [6, 6.07) is 12.5. The molecule has 2 aromatic carbocycles. The Kier molecular flexibility index (Phi) is 6.06. The SMILES string of the molecule is COC(=O)c1ncn2c1C(=O)N(c1ccc(F)cc1)[C@](C)(C(=O)NCc1ccccc1OC)C2. The number of halogens is 1. The molecule has 34 heavy (non-hydrogen) atoms. The van der Waals surface area contributed by atoms with Crippen LogP contribution in [0.5, 0.6) is 5.75 Å². The molecule has 1 aliphatic heterocycles. The molecule has 1 aliphatic rings. The summed E-state index contributed by atoms with van der Waals surface area (Å²) < 4.78 is 25.2. The Labute approximate surface area is 195 Å². The number of ether oxygens (including phenoxy) is 2. The lowest BCUT2D eigenvalue weighted by atomic mass is 9.93. The topological polar surface area (TPSA) is 103 Å². The van der Waals surface area contributed by atoms with Crippen molar-refractivity contribution in [1.82, 2.24) is 14.9 Å². The molecular weight excluding hydrogens is 443 g/mol. The highest BCUT2D eigenvalue weighted by Crippen LogP contribution is 2.34. The van der Waals surface area contributed by atoms with Gasteiger partial charge >= 0.3 is 5.97 Å². The van der Waals surface area contributed by atoms with Crippen molar-refractivity contribution in [3.63, 3.8) is 0 Å². The van der Waals surface area contributed by atoms with Crippen molar-refractivity contribution < 1.29 is 28.2 Å². The number of imidazole rings is 1.